The minimum absolute atomic E-state index is 0.286. The zero-order valence-corrected chi connectivity index (χ0v) is 12.2. The van der Waals surface area contributed by atoms with Gasteiger partial charge >= 0.3 is 0 Å². The minimum Gasteiger partial charge on any atom is -0.493 e. The van der Waals surface area contributed by atoms with Crippen LogP contribution < -0.4 is 9.47 Å². The van der Waals surface area contributed by atoms with Gasteiger partial charge in [0.2, 0.25) is 0 Å². The summed E-state index contributed by atoms with van der Waals surface area (Å²) in [7, 11) is 1.50. The Morgan fingerprint density at radius 3 is 2.75 bits per heavy atom. The van der Waals surface area contributed by atoms with Crippen LogP contribution in [0.4, 0.5) is 0 Å². The van der Waals surface area contributed by atoms with Gasteiger partial charge in [-0.1, -0.05) is 24.4 Å². The normalized spacial score (nSPS) is 22.9. The summed E-state index contributed by atoms with van der Waals surface area (Å²) in [6, 6.07) is 3.12. The smallest absolute Gasteiger partial charge is 0.180 e. The van der Waals surface area contributed by atoms with Gasteiger partial charge in [-0.3, -0.25) is 4.79 Å². The van der Waals surface area contributed by atoms with E-state index in [1.54, 1.807) is 6.07 Å². The zero-order chi connectivity index (χ0) is 14.5. The van der Waals surface area contributed by atoms with Crippen molar-refractivity contribution in [2.75, 3.05) is 7.11 Å². The molecule has 2 rings (SSSR count). The van der Waals surface area contributed by atoms with E-state index in [0.29, 0.717) is 28.4 Å². The summed E-state index contributed by atoms with van der Waals surface area (Å²) < 4.78 is 11.1. The maximum Gasteiger partial charge on any atom is 0.180 e. The molecule has 4 nitrogen and oxygen atoms in total. The van der Waals surface area contributed by atoms with E-state index >= 15 is 0 Å². The Morgan fingerprint density at radius 1 is 1.30 bits per heavy atom. The standard InChI is InChI=1S/C15H19ClO4/c1-19-14-8-10(9-17)7-11(16)15(14)20-13-6-4-2-3-5-12(13)18/h7-9,12-13,18H,2-6H2,1H3. The van der Waals surface area contributed by atoms with E-state index in [4.69, 9.17) is 21.1 Å². The van der Waals surface area contributed by atoms with E-state index < -0.39 is 6.10 Å². The molecule has 1 saturated carbocycles. The fourth-order valence-corrected chi connectivity index (χ4v) is 2.73. The first-order valence-electron chi connectivity index (χ1n) is 6.83. The number of aliphatic hydroxyl groups is 1. The summed E-state index contributed by atoms with van der Waals surface area (Å²) in [6.45, 7) is 0. The number of aliphatic hydroxyl groups excluding tert-OH is 1. The summed E-state index contributed by atoms with van der Waals surface area (Å²) in [5.74, 6) is 0.807. The summed E-state index contributed by atoms with van der Waals surface area (Å²) in [4.78, 5) is 10.8. The van der Waals surface area contributed by atoms with Crippen LogP contribution in [-0.4, -0.2) is 30.7 Å². The number of halogens is 1. The quantitative estimate of drug-likeness (QED) is 0.685. The first-order valence-corrected chi connectivity index (χ1v) is 7.21. The molecule has 1 aromatic rings. The largest absolute Gasteiger partial charge is 0.493 e. The molecule has 0 aromatic heterocycles. The lowest BCUT2D eigenvalue weighted by molar-refractivity contribution is 0.0306. The van der Waals surface area contributed by atoms with E-state index in [0.717, 1.165) is 32.1 Å². The minimum atomic E-state index is -0.496. The number of carbonyl (C=O) groups is 1. The third kappa shape index (κ3) is 3.44. The molecule has 1 aromatic carbocycles. The van der Waals surface area contributed by atoms with Crippen LogP contribution in [0.2, 0.25) is 5.02 Å². The van der Waals surface area contributed by atoms with Gasteiger partial charge < -0.3 is 14.6 Å². The highest BCUT2D eigenvalue weighted by atomic mass is 35.5. The van der Waals surface area contributed by atoms with Crippen LogP contribution in [0.3, 0.4) is 0 Å². The van der Waals surface area contributed by atoms with Crippen LogP contribution in [0, 0.1) is 0 Å². The highest BCUT2D eigenvalue weighted by Crippen LogP contribution is 2.38. The Bertz CT molecular complexity index is 475. The van der Waals surface area contributed by atoms with E-state index in [1.807, 2.05) is 0 Å². The van der Waals surface area contributed by atoms with Gasteiger partial charge in [0.05, 0.1) is 18.2 Å². The molecular formula is C15H19ClO4. The average molecular weight is 299 g/mol. The third-order valence-corrected chi connectivity index (χ3v) is 3.86. The fourth-order valence-electron chi connectivity index (χ4n) is 2.47. The van der Waals surface area contributed by atoms with Crippen molar-refractivity contribution in [2.24, 2.45) is 0 Å². The number of hydrogen-bond acceptors (Lipinski definition) is 4. The Kier molecular flexibility index (Phi) is 5.26. The maximum atomic E-state index is 10.8. The molecule has 0 saturated heterocycles. The van der Waals surface area contributed by atoms with E-state index in [9.17, 15) is 9.90 Å². The molecule has 1 fully saturated rings. The molecule has 1 N–H and O–H groups in total. The zero-order valence-electron chi connectivity index (χ0n) is 11.5. The Morgan fingerprint density at radius 2 is 2.05 bits per heavy atom. The van der Waals surface area contributed by atoms with Crippen molar-refractivity contribution in [3.05, 3.63) is 22.7 Å². The lowest BCUT2D eigenvalue weighted by Gasteiger charge is -2.24. The molecule has 1 aliphatic rings. The molecule has 20 heavy (non-hydrogen) atoms. The molecule has 2 atom stereocenters. The number of carbonyl (C=O) groups excluding carboxylic acids is 1. The highest BCUT2D eigenvalue weighted by Gasteiger charge is 2.25. The molecule has 0 heterocycles. The molecule has 0 radical (unpaired) electrons. The number of ether oxygens (including phenoxy) is 2. The molecular weight excluding hydrogens is 280 g/mol. The average Bonchev–Trinajstić information content (AvgIpc) is 2.65. The second-order valence-corrected chi connectivity index (χ2v) is 5.42. The molecule has 1 aliphatic carbocycles. The van der Waals surface area contributed by atoms with Gasteiger partial charge in [-0.05, 0) is 31.4 Å². The van der Waals surface area contributed by atoms with Crippen molar-refractivity contribution < 1.29 is 19.4 Å². The molecule has 2 unspecified atom stereocenters. The summed E-state index contributed by atoms with van der Waals surface area (Å²) >= 11 is 6.15. The van der Waals surface area contributed by atoms with Crippen LogP contribution in [0.5, 0.6) is 11.5 Å². The van der Waals surface area contributed by atoms with Crippen molar-refractivity contribution in [1.82, 2.24) is 0 Å². The van der Waals surface area contributed by atoms with Crippen molar-refractivity contribution in [3.63, 3.8) is 0 Å². The van der Waals surface area contributed by atoms with Crippen molar-refractivity contribution in [2.45, 2.75) is 44.3 Å². The van der Waals surface area contributed by atoms with Gasteiger partial charge in [-0.2, -0.15) is 0 Å². The third-order valence-electron chi connectivity index (χ3n) is 3.57. The van der Waals surface area contributed by atoms with Gasteiger partial charge in [0, 0.05) is 5.56 Å². The van der Waals surface area contributed by atoms with Crippen LogP contribution >= 0.6 is 11.6 Å². The van der Waals surface area contributed by atoms with E-state index in [2.05, 4.69) is 0 Å². The topological polar surface area (TPSA) is 55.8 Å². The number of benzene rings is 1. The fraction of sp³-hybridized carbons (Fsp3) is 0.533. The first-order chi connectivity index (χ1) is 9.65. The monoisotopic (exact) mass is 298 g/mol. The van der Waals surface area contributed by atoms with Crippen molar-refractivity contribution in [1.29, 1.82) is 0 Å². The van der Waals surface area contributed by atoms with Crippen LogP contribution in [0.15, 0.2) is 12.1 Å². The summed E-state index contributed by atoms with van der Waals surface area (Å²) in [5.41, 5.74) is 0.431. The number of rotatable bonds is 4. The lowest BCUT2D eigenvalue weighted by Crippen LogP contribution is -2.30. The SMILES string of the molecule is COc1cc(C=O)cc(Cl)c1OC1CCCCCC1O. The molecule has 110 valence electrons. The maximum absolute atomic E-state index is 10.8. The molecule has 5 heteroatoms. The molecule has 0 amide bonds. The predicted molar refractivity (Wildman–Crippen MR) is 76.9 cm³/mol. The number of methoxy groups -OCH3 is 1. The number of hydrogen-bond donors (Lipinski definition) is 1. The molecule has 0 aliphatic heterocycles. The van der Waals surface area contributed by atoms with Gasteiger partial charge in [-0.15, -0.1) is 0 Å². The highest BCUT2D eigenvalue weighted by molar-refractivity contribution is 6.32. The Hall–Kier alpha value is -1.26. The Labute approximate surface area is 123 Å². The Balaban J connectivity index is 2.25. The van der Waals surface area contributed by atoms with Gasteiger partial charge in [0.15, 0.2) is 11.5 Å². The van der Waals surface area contributed by atoms with E-state index in [-0.39, 0.29) is 6.10 Å². The lowest BCUT2D eigenvalue weighted by atomic mass is 10.1. The van der Waals surface area contributed by atoms with Crippen LogP contribution in [0.1, 0.15) is 42.5 Å². The van der Waals surface area contributed by atoms with Gasteiger partial charge in [-0.25, -0.2) is 0 Å². The first kappa shape index (κ1) is 15.1. The van der Waals surface area contributed by atoms with Crippen LogP contribution in [-0.2, 0) is 0 Å². The van der Waals surface area contributed by atoms with Crippen LogP contribution in [0.25, 0.3) is 0 Å². The molecule has 0 spiro atoms. The van der Waals surface area contributed by atoms with Gasteiger partial charge in [0.25, 0.3) is 0 Å². The second kappa shape index (κ2) is 6.95. The van der Waals surface area contributed by atoms with Crippen molar-refractivity contribution in [3.8, 4) is 11.5 Å². The van der Waals surface area contributed by atoms with E-state index in [1.165, 1.54) is 13.2 Å². The number of aldehydes is 1. The summed E-state index contributed by atoms with van der Waals surface area (Å²) in [5, 5.41) is 10.4. The summed E-state index contributed by atoms with van der Waals surface area (Å²) in [6.07, 6.45) is 4.58. The second-order valence-electron chi connectivity index (χ2n) is 5.01. The molecule has 0 bridgehead atoms. The van der Waals surface area contributed by atoms with Gasteiger partial charge in [0.1, 0.15) is 12.4 Å². The predicted octanol–water partition coefficient (Wildman–Crippen LogP) is 3.23. The van der Waals surface area contributed by atoms with Crippen molar-refractivity contribution >= 4 is 17.9 Å².